The zero-order valence-corrected chi connectivity index (χ0v) is 12.6. The lowest BCUT2D eigenvalue weighted by molar-refractivity contribution is -0.127. The standard InChI is InChI=1S/C16H24N2O2/c1-4-6-10-17-15(19)12-16(20)18(5-2)14-9-7-8-13(3)11-14/h7-9,11H,4-6,10,12H2,1-3H3,(H,17,19). The van der Waals surface area contributed by atoms with Gasteiger partial charge < -0.3 is 10.2 Å². The van der Waals surface area contributed by atoms with Crippen LogP contribution in [0.4, 0.5) is 5.69 Å². The molecule has 0 atom stereocenters. The molecule has 4 heteroatoms. The van der Waals surface area contributed by atoms with Gasteiger partial charge in [-0.15, -0.1) is 0 Å². The molecule has 0 unspecified atom stereocenters. The highest BCUT2D eigenvalue weighted by molar-refractivity contribution is 6.04. The van der Waals surface area contributed by atoms with E-state index in [1.165, 1.54) is 0 Å². The minimum Gasteiger partial charge on any atom is -0.356 e. The Kier molecular flexibility index (Phi) is 6.77. The summed E-state index contributed by atoms with van der Waals surface area (Å²) in [6.07, 6.45) is 1.87. The fourth-order valence-corrected chi connectivity index (χ4v) is 2.00. The predicted octanol–water partition coefficient (Wildman–Crippen LogP) is 2.65. The third kappa shape index (κ3) is 5.03. The van der Waals surface area contributed by atoms with Crippen LogP contribution in [0, 0.1) is 6.92 Å². The highest BCUT2D eigenvalue weighted by Gasteiger charge is 2.17. The first-order valence-corrected chi connectivity index (χ1v) is 7.22. The van der Waals surface area contributed by atoms with Gasteiger partial charge in [0.15, 0.2) is 0 Å². The third-order valence-corrected chi connectivity index (χ3v) is 3.09. The highest BCUT2D eigenvalue weighted by atomic mass is 16.2. The number of carbonyl (C=O) groups is 2. The van der Waals surface area contributed by atoms with Crippen LogP contribution in [-0.2, 0) is 9.59 Å². The minimum absolute atomic E-state index is 0.0918. The predicted molar refractivity (Wildman–Crippen MR) is 81.7 cm³/mol. The summed E-state index contributed by atoms with van der Waals surface area (Å²) in [7, 11) is 0. The average Bonchev–Trinajstić information content (AvgIpc) is 2.40. The Morgan fingerprint density at radius 1 is 1.25 bits per heavy atom. The van der Waals surface area contributed by atoms with Gasteiger partial charge in [-0.05, 0) is 38.0 Å². The van der Waals surface area contributed by atoms with Crippen molar-refractivity contribution >= 4 is 17.5 Å². The molecule has 0 fully saturated rings. The first-order chi connectivity index (χ1) is 9.58. The summed E-state index contributed by atoms with van der Waals surface area (Å²) in [4.78, 5) is 25.5. The Morgan fingerprint density at radius 3 is 2.60 bits per heavy atom. The van der Waals surface area contributed by atoms with Crippen molar-refractivity contribution in [1.82, 2.24) is 5.32 Å². The monoisotopic (exact) mass is 276 g/mol. The van der Waals surface area contributed by atoms with Crippen molar-refractivity contribution < 1.29 is 9.59 Å². The number of hydrogen-bond donors (Lipinski definition) is 1. The maximum Gasteiger partial charge on any atom is 0.236 e. The molecule has 0 radical (unpaired) electrons. The van der Waals surface area contributed by atoms with Gasteiger partial charge >= 0.3 is 0 Å². The SMILES string of the molecule is CCCCNC(=O)CC(=O)N(CC)c1cccc(C)c1. The average molecular weight is 276 g/mol. The van der Waals surface area contributed by atoms with Crippen LogP contribution in [0.25, 0.3) is 0 Å². The Morgan fingerprint density at radius 2 is 2.00 bits per heavy atom. The number of aryl methyl sites for hydroxylation is 1. The second kappa shape index (κ2) is 8.35. The van der Waals surface area contributed by atoms with Gasteiger partial charge in [0.1, 0.15) is 6.42 Å². The van der Waals surface area contributed by atoms with E-state index in [1.807, 2.05) is 38.1 Å². The molecular weight excluding hydrogens is 252 g/mol. The summed E-state index contributed by atoms with van der Waals surface area (Å²) in [5.41, 5.74) is 1.94. The largest absolute Gasteiger partial charge is 0.356 e. The fraction of sp³-hybridized carbons (Fsp3) is 0.500. The number of nitrogens with zero attached hydrogens (tertiary/aromatic N) is 1. The van der Waals surface area contributed by atoms with Crippen LogP contribution in [0.1, 0.15) is 38.7 Å². The fourth-order valence-electron chi connectivity index (χ4n) is 2.00. The van der Waals surface area contributed by atoms with E-state index in [1.54, 1.807) is 4.90 Å². The van der Waals surface area contributed by atoms with E-state index in [-0.39, 0.29) is 18.2 Å². The maximum atomic E-state index is 12.2. The van der Waals surface area contributed by atoms with Crippen molar-refractivity contribution in [2.75, 3.05) is 18.0 Å². The minimum atomic E-state index is -0.199. The van der Waals surface area contributed by atoms with E-state index < -0.39 is 0 Å². The molecule has 110 valence electrons. The van der Waals surface area contributed by atoms with Crippen molar-refractivity contribution in [1.29, 1.82) is 0 Å². The molecule has 1 rings (SSSR count). The van der Waals surface area contributed by atoms with Gasteiger partial charge in [0.25, 0.3) is 0 Å². The van der Waals surface area contributed by atoms with Gasteiger partial charge in [-0.2, -0.15) is 0 Å². The molecule has 0 bridgehead atoms. The number of unbranched alkanes of at least 4 members (excludes halogenated alkanes) is 1. The van der Waals surface area contributed by atoms with E-state index in [9.17, 15) is 9.59 Å². The number of nitrogens with one attached hydrogen (secondary N) is 1. The molecule has 0 aliphatic rings. The second-order valence-electron chi connectivity index (χ2n) is 4.86. The van der Waals surface area contributed by atoms with Crippen LogP contribution in [-0.4, -0.2) is 24.9 Å². The molecule has 1 aromatic carbocycles. The van der Waals surface area contributed by atoms with Crippen LogP contribution >= 0.6 is 0 Å². The molecule has 4 nitrogen and oxygen atoms in total. The lowest BCUT2D eigenvalue weighted by Crippen LogP contribution is -2.36. The zero-order valence-electron chi connectivity index (χ0n) is 12.6. The number of anilines is 1. The molecule has 0 aliphatic carbocycles. The van der Waals surface area contributed by atoms with Crippen LogP contribution < -0.4 is 10.2 Å². The number of benzene rings is 1. The Bertz CT molecular complexity index is 458. The van der Waals surface area contributed by atoms with Crippen LogP contribution in [0.5, 0.6) is 0 Å². The van der Waals surface area contributed by atoms with Crippen LogP contribution in [0.15, 0.2) is 24.3 Å². The molecule has 0 saturated heterocycles. The lowest BCUT2D eigenvalue weighted by atomic mass is 10.2. The number of amides is 2. The van der Waals surface area contributed by atoms with E-state index in [0.717, 1.165) is 24.1 Å². The van der Waals surface area contributed by atoms with Gasteiger partial charge in [0.2, 0.25) is 11.8 Å². The van der Waals surface area contributed by atoms with Crippen molar-refractivity contribution in [3.63, 3.8) is 0 Å². The van der Waals surface area contributed by atoms with Crippen molar-refractivity contribution in [3.05, 3.63) is 29.8 Å². The van der Waals surface area contributed by atoms with Crippen molar-refractivity contribution in [2.45, 2.75) is 40.0 Å². The number of hydrogen-bond acceptors (Lipinski definition) is 2. The number of carbonyl (C=O) groups excluding carboxylic acids is 2. The Hall–Kier alpha value is -1.84. The summed E-state index contributed by atoms with van der Waals surface area (Å²) in [6, 6.07) is 7.75. The lowest BCUT2D eigenvalue weighted by Gasteiger charge is -2.21. The number of rotatable bonds is 7. The van der Waals surface area contributed by atoms with Crippen LogP contribution in [0.3, 0.4) is 0 Å². The van der Waals surface area contributed by atoms with Gasteiger partial charge in [0, 0.05) is 18.8 Å². The van der Waals surface area contributed by atoms with Crippen molar-refractivity contribution in [2.24, 2.45) is 0 Å². The quantitative estimate of drug-likeness (QED) is 0.615. The van der Waals surface area contributed by atoms with Gasteiger partial charge in [-0.3, -0.25) is 9.59 Å². The smallest absolute Gasteiger partial charge is 0.236 e. The summed E-state index contributed by atoms with van der Waals surface area (Å²) in [6.45, 7) is 7.16. The maximum absolute atomic E-state index is 12.2. The summed E-state index contributed by atoms with van der Waals surface area (Å²) >= 11 is 0. The van der Waals surface area contributed by atoms with Gasteiger partial charge in [0.05, 0.1) is 0 Å². The van der Waals surface area contributed by atoms with Gasteiger partial charge in [-0.25, -0.2) is 0 Å². The van der Waals surface area contributed by atoms with Crippen molar-refractivity contribution in [3.8, 4) is 0 Å². The molecule has 0 aromatic heterocycles. The second-order valence-corrected chi connectivity index (χ2v) is 4.86. The van der Waals surface area contributed by atoms with Gasteiger partial charge in [-0.1, -0.05) is 25.5 Å². The Labute approximate surface area is 121 Å². The first-order valence-electron chi connectivity index (χ1n) is 7.22. The van der Waals surface area contributed by atoms with E-state index >= 15 is 0 Å². The molecule has 0 saturated carbocycles. The summed E-state index contributed by atoms with van der Waals surface area (Å²) in [5.74, 6) is -0.360. The molecule has 0 aliphatic heterocycles. The Balaban J connectivity index is 2.61. The molecule has 0 heterocycles. The molecule has 20 heavy (non-hydrogen) atoms. The summed E-state index contributed by atoms with van der Waals surface area (Å²) < 4.78 is 0. The van der Waals surface area contributed by atoms with E-state index in [2.05, 4.69) is 12.2 Å². The normalized spacial score (nSPS) is 10.2. The molecule has 2 amide bonds. The van der Waals surface area contributed by atoms with Crippen LogP contribution in [0.2, 0.25) is 0 Å². The molecular formula is C16H24N2O2. The summed E-state index contributed by atoms with van der Waals surface area (Å²) in [5, 5.41) is 2.77. The highest BCUT2D eigenvalue weighted by Crippen LogP contribution is 2.16. The zero-order chi connectivity index (χ0) is 15.0. The van der Waals surface area contributed by atoms with E-state index in [0.29, 0.717) is 13.1 Å². The van der Waals surface area contributed by atoms with E-state index in [4.69, 9.17) is 0 Å². The topological polar surface area (TPSA) is 49.4 Å². The molecule has 1 aromatic rings. The first kappa shape index (κ1) is 16.2. The molecule has 0 spiro atoms. The third-order valence-electron chi connectivity index (χ3n) is 3.09. The molecule has 1 N–H and O–H groups in total.